The van der Waals surface area contributed by atoms with Crippen molar-refractivity contribution >= 4 is 11.9 Å². The summed E-state index contributed by atoms with van der Waals surface area (Å²) >= 11 is 0. The van der Waals surface area contributed by atoms with Gasteiger partial charge >= 0.3 is 11.9 Å². The van der Waals surface area contributed by atoms with Crippen molar-refractivity contribution in [2.24, 2.45) is 52.3 Å². The molecule has 0 aromatic heterocycles. The van der Waals surface area contributed by atoms with Gasteiger partial charge in [0, 0.05) is 6.42 Å². The van der Waals surface area contributed by atoms with Crippen LogP contribution in [-0.4, -0.2) is 11.9 Å². The van der Waals surface area contributed by atoms with Crippen LogP contribution in [0.15, 0.2) is 40.7 Å². The fourth-order valence-electron chi connectivity index (χ4n) is 10.8. The maximum atomic E-state index is 13.5. The second kappa shape index (κ2) is 16.1. The number of carbonyl (C=O) groups excluding carboxylic acids is 2. The summed E-state index contributed by atoms with van der Waals surface area (Å²) in [6, 6.07) is 5.86. The summed E-state index contributed by atoms with van der Waals surface area (Å²) in [6.45, 7) is 14.6. The van der Waals surface area contributed by atoms with Gasteiger partial charge in [-0.3, -0.25) is 14.4 Å². The molecular formula is C43H64O5. The molecule has 0 radical (unpaired) electrons. The molecule has 0 aliphatic heterocycles. The minimum atomic E-state index is -0.399. The van der Waals surface area contributed by atoms with Crippen molar-refractivity contribution in [1.29, 1.82) is 0 Å². The smallest absolute Gasteiger partial charge is 0.314 e. The van der Waals surface area contributed by atoms with E-state index < -0.39 is 11.4 Å². The number of rotatable bonds is 14. The Morgan fingerprint density at radius 1 is 0.854 bits per heavy atom. The van der Waals surface area contributed by atoms with Crippen LogP contribution in [0.5, 0.6) is 11.5 Å². The third-order valence-electron chi connectivity index (χ3n) is 13.6. The lowest BCUT2D eigenvalue weighted by Crippen LogP contribution is -2.50. The number of esters is 2. The summed E-state index contributed by atoms with van der Waals surface area (Å²) < 4.78 is 11.2. The van der Waals surface area contributed by atoms with Crippen molar-refractivity contribution in [2.45, 2.75) is 151 Å². The van der Waals surface area contributed by atoms with Gasteiger partial charge in [-0.2, -0.15) is 0 Å². The highest BCUT2D eigenvalue weighted by Gasteiger charge is 2.59. The van der Waals surface area contributed by atoms with E-state index in [-0.39, 0.29) is 23.1 Å². The van der Waals surface area contributed by atoms with Crippen LogP contribution in [0.1, 0.15) is 151 Å². The van der Waals surface area contributed by atoms with E-state index in [1.807, 2.05) is 0 Å². The van der Waals surface area contributed by atoms with Gasteiger partial charge in [0.15, 0.2) is 5.75 Å². The van der Waals surface area contributed by atoms with E-state index in [2.05, 4.69) is 47.6 Å². The van der Waals surface area contributed by atoms with Gasteiger partial charge in [-0.05, 0) is 128 Å². The Balaban J connectivity index is 1.18. The highest BCUT2D eigenvalue weighted by Crippen LogP contribution is 2.67. The molecule has 0 saturated heterocycles. The maximum Gasteiger partial charge on any atom is 0.314 e. The third kappa shape index (κ3) is 8.13. The average molecular weight is 661 g/mol. The van der Waals surface area contributed by atoms with Crippen LogP contribution < -0.4 is 14.9 Å². The van der Waals surface area contributed by atoms with E-state index >= 15 is 0 Å². The SMILES string of the molecule is CCCCCCCC(=O)Oc1ccc(OC(=O)[C@H]2CC[C@@]3(C)C(=CC[C@H]4[C@@H]5CC[C@H]([C@H](C)CCCC(C)C)[C@@]5(C)CC[C@@H]43)C2)ccc1=O. The van der Waals surface area contributed by atoms with Gasteiger partial charge < -0.3 is 9.47 Å². The average Bonchev–Trinajstić information content (AvgIpc) is 3.32. The number of ether oxygens (including phenoxy) is 2. The predicted octanol–water partition coefficient (Wildman–Crippen LogP) is 10.9. The first-order valence-electron chi connectivity index (χ1n) is 19.7. The Morgan fingerprint density at radius 2 is 1.62 bits per heavy atom. The summed E-state index contributed by atoms with van der Waals surface area (Å²) in [4.78, 5) is 38.4. The number of allylic oxidation sites excluding steroid dienone is 2. The van der Waals surface area contributed by atoms with Crippen LogP contribution in [-0.2, 0) is 9.59 Å². The Kier molecular flexibility index (Phi) is 12.3. The summed E-state index contributed by atoms with van der Waals surface area (Å²) in [5.74, 6) is 4.26. The zero-order chi connectivity index (χ0) is 34.5. The second-order valence-corrected chi connectivity index (χ2v) is 17.1. The number of carbonyl (C=O) groups is 2. The van der Waals surface area contributed by atoms with Crippen molar-refractivity contribution in [1.82, 2.24) is 0 Å². The topological polar surface area (TPSA) is 69.7 Å². The predicted molar refractivity (Wildman–Crippen MR) is 194 cm³/mol. The Labute approximate surface area is 291 Å². The molecule has 266 valence electrons. The molecule has 5 rings (SSSR count). The molecule has 0 spiro atoms. The standard InChI is InChI=1S/C43H64O5/c1-7-8-9-10-11-15-40(45)48-39-23-18-33(17-22-38(39)44)47-41(46)31-24-26-42(5)32(28-31)16-19-34-36-21-20-35(30(4)14-12-13-29(2)3)43(36,6)27-25-37(34)42/h16-18,22-23,29-31,34-37H,7-15,19-21,24-28H2,1-6H3/t30-,31+,34+,35-,36+,37+,42+,43-/m1/s1. The van der Waals surface area contributed by atoms with Crippen molar-refractivity contribution in [3.63, 3.8) is 0 Å². The molecule has 0 amide bonds. The molecule has 1 aromatic carbocycles. The summed E-state index contributed by atoms with van der Waals surface area (Å²) in [5.41, 5.74) is 1.72. The first-order chi connectivity index (χ1) is 23.0. The molecule has 1 aromatic rings. The van der Waals surface area contributed by atoms with Gasteiger partial charge in [0.05, 0.1) is 5.92 Å². The zero-order valence-corrected chi connectivity index (χ0v) is 31.0. The lowest BCUT2D eigenvalue weighted by Gasteiger charge is -2.58. The van der Waals surface area contributed by atoms with E-state index in [1.54, 1.807) is 6.07 Å². The molecule has 5 nitrogen and oxygen atoms in total. The minimum absolute atomic E-state index is 0.0241. The summed E-state index contributed by atoms with van der Waals surface area (Å²) in [6.07, 6.45) is 21.3. The maximum absolute atomic E-state index is 13.5. The van der Waals surface area contributed by atoms with Crippen molar-refractivity contribution in [3.05, 3.63) is 46.1 Å². The van der Waals surface area contributed by atoms with Gasteiger partial charge in [0.1, 0.15) is 5.75 Å². The lowest BCUT2D eigenvalue weighted by atomic mass is 9.46. The molecule has 4 aliphatic carbocycles. The molecule has 8 atom stereocenters. The molecule has 5 heteroatoms. The van der Waals surface area contributed by atoms with E-state index in [0.717, 1.165) is 87.4 Å². The molecule has 48 heavy (non-hydrogen) atoms. The Hall–Kier alpha value is -2.43. The van der Waals surface area contributed by atoms with Gasteiger partial charge in [0.2, 0.25) is 5.43 Å². The molecule has 0 unspecified atom stereocenters. The van der Waals surface area contributed by atoms with Gasteiger partial charge in [-0.15, -0.1) is 0 Å². The number of hydrogen-bond donors (Lipinski definition) is 0. The highest BCUT2D eigenvalue weighted by atomic mass is 16.5. The van der Waals surface area contributed by atoms with E-state index in [9.17, 15) is 14.4 Å². The fourth-order valence-corrected chi connectivity index (χ4v) is 10.8. The zero-order valence-electron chi connectivity index (χ0n) is 31.0. The van der Waals surface area contributed by atoms with Crippen molar-refractivity contribution in [2.75, 3.05) is 0 Å². The molecule has 4 aliphatic rings. The second-order valence-electron chi connectivity index (χ2n) is 17.1. The van der Waals surface area contributed by atoms with Gasteiger partial charge in [0.25, 0.3) is 0 Å². The van der Waals surface area contributed by atoms with Crippen LogP contribution in [0.3, 0.4) is 0 Å². The number of unbranched alkanes of at least 4 members (excludes halogenated alkanes) is 4. The van der Waals surface area contributed by atoms with E-state index in [1.165, 1.54) is 68.7 Å². The largest absolute Gasteiger partial charge is 0.426 e. The lowest BCUT2D eigenvalue weighted by molar-refractivity contribution is -0.140. The monoisotopic (exact) mass is 660 g/mol. The Morgan fingerprint density at radius 3 is 2.40 bits per heavy atom. The van der Waals surface area contributed by atoms with Gasteiger partial charge in [-0.25, -0.2) is 0 Å². The van der Waals surface area contributed by atoms with Crippen LogP contribution in [0.25, 0.3) is 0 Å². The van der Waals surface area contributed by atoms with Gasteiger partial charge in [-0.1, -0.05) is 98.1 Å². The van der Waals surface area contributed by atoms with Crippen LogP contribution in [0.4, 0.5) is 0 Å². The summed E-state index contributed by atoms with van der Waals surface area (Å²) in [5, 5.41) is 0. The first kappa shape index (κ1) is 36.8. The third-order valence-corrected chi connectivity index (χ3v) is 13.6. The van der Waals surface area contributed by atoms with E-state index in [0.29, 0.717) is 23.5 Å². The molecule has 0 bridgehead atoms. The highest BCUT2D eigenvalue weighted by molar-refractivity contribution is 5.76. The number of hydrogen-bond acceptors (Lipinski definition) is 5. The van der Waals surface area contributed by atoms with Crippen LogP contribution in [0, 0.1) is 52.3 Å². The first-order valence-corrected chi connectivity index (χ1v) is 19.7. The van der Waals surface area contributed by atoms with E-state index in [4.69, 9.17) is 9.47 Å². The molecular weight excluding hydrogens is 596 g/mol. The van der Waals surface area contributed by atoms with Crippen LogP contribution >= 0.6 is 0 Å². The minimum Gasteiger partial charge on any atom is -0.426 e. The molecule has 3 saturated carbocycles. The quantitative estimate of drug-likeness (QED) is 0.113. The van der Waals surface area contributed by atoms with Crippen LogP contribution in [0.2, 0.25) is 0 Å². The normalized spacial score (nSPS) is 31.6. The van der Waals surface area contributed by atoms with Crippen molar-refractivity contribution < 1.29 is 19.1 Å². The van der Waals surface area contributed by atoms with Crippen molar-refractivity contribution in [3.8, 4) is 11.5 Å². The Bertz CT molecular complexity index is 1360. The molecule has 0 N–H and O–H groups in total. The molecule has 0 heterocycles. The fraction of sp³-hybridized carbons (Fsp3) is 0.744. The number of fused-ring (bicyclic) bond motifs is 5. The molecule has 3 fully saturated rings. The summed E-state index contributed by atoms with van der Waals surface area (Å²) in [7, 11) is 0.